The van der Waals surface area contributed by atoms with Gasteiger partial charge in [-0.2, -0.15) is 0 Å². The topological polar surface area (TPSA) is 45.7 Å². The summed E-state index contributed by atoms with van der Waals surface area (Å²) in [6.45, 7) is 3.86. The molecular formula is C23H28FN3O2S2. The summed E-state index contributed by atoms with van der Waals surface area (Å²) < 4.78 is 19.7. The number of ether oxygens (including phenoxy) is 1. The summed E-state index contributed by atoms with van der Waals surface area (Å²) >= 11 is 3.15. The summed E-state index contributed by atoms with van der Waals surface area (Å²) in [6, 6.07) is 12.3. The summed E-state index contributed by atoms with van der Waals surface area (Å²) in [5.74, 6) is 1.38. The average molecular weight is 462 g/mol. The zero-order chi connectivity index (χ0) is 22.2. The molecule has 2 aromatic carbocycles. The second kappa shape index (κ2) is 11.5. The van der Waals surface area contributed by atoms with Crippen molar-refractivity contribution in [2.24, 2.45) is 0 Å². The van der Waals surface area contributed by atoms with E-state index in [1.165, 1.54) is 23.5 Å². The maximum Gasteiger partial charge on any atom is 0.228 e. The Balaban J connectivity index is 1.67. The van der Waals surface area contributed by atoms with Crippen molar-refractivity contribution in [1.82, 2.24) is 9.88 Å². The van der Waals surface area contributed by atoms with Crippen LogP contribution >= 0.6 is 23.1 Å². The summed E-state index contributed by atoms with van der Waals surface area (Å²) in [6.07, 6.45) is 1.18. The maximum absolute atomic E-state index is 13.1. The van der Waals surface area contributed by atoms with Crippen LogP contribution in [0.3, 0.4) is 0 Å². The number of thioether (sulfide) groups is 1. The summed E-state index contributed by atoms with van der Waals surface area (Å²) in [5.41, 5.74) is 0.805. The number of nitrogens with zero attached hydrogens (tertiary/aromatic N) is 3. The van der Waals surface area contributed by atoms with Crippen LogP contribution in [-0.2, 0) is 4.79 Å². The number of benzene rings is 2. The molecule has 3 rings (SSSR count). The first kappa shape index (κ1) is 23.5. The third kappa shape index (κ3) is 6.66. The molecule has 166 valence electrons. The van der Waals surface area contributed by atoms with Crippen molar-refractivity contribution in [3.8, 4) is 5.75 Å². The molecule has 0 spiro atoms. The Morgan fingerprint density at radius 2 is 1.94 bits per heavy atom. The van der Waals surface area contributed by atoms with Crippen LogP contribution < -0.4 is 9.64 Å². The van der Waals surface area contributed by atoms with Gasteiger partial charge in [0.2, 0.25) is 5.91 Å². The van der Waals surface area contributed by atoms with Crippen LogP contribution in [0.25, 0.3) is 10.2 Å². The third-order valence-corrected chi connectivity index (χ3v) is 6.73. The van der Waals surface area contributed by atoms with Crippen molar-refractivity contribution >= 4 is 44.4 Å². The van der Waals surface area contributed by atoms with Gasteiger partial charge in [0.1, 0.15) is 17.1 Å². The normalized spacial score (nSPS) is 11.3. The van der Waals surface area contributed by atoms with Crippen LogP contribution in [0, 0.1) is 5.82 Å². The van der Waals surface area contributed by atoms with Crippen molar-refractivity contribution in [3.05, 3.63) is 48.3 Å². The number of carbonyl (C=O) groups excluding carboxylic acids is 1. The van der Waals surface area contributed by atoms with Crippen LogP contribution in [0.2, 0.25) is 0 Å². The Bertz CT molecular complexity index is 992. The van der Waals surface area contributed by atoms with E-state index in [0.717, 1.165) is 39.6 Å². The molecule has 0 aliphatic heterocycles. The Morgan fingerprint density at radius 3 is 2.65 bits per heavy atom. The molecule has 3 aromatic rings. The molecule has 0 saturated heterocycles. The van der Waals surface area contributed by atoms with Gasteiger partial charge in [-0.15, -0.1) is 11.8 Å². The van der Waals surface area contributed by atoms with E-state index < -0.39 is 0 Å². The lowest BCUT2D eigenvalue weighted by molar-refractivity contribution is -0.118. The molecule has 8 heteroatoms. The first-order valence-corrected chi connectivity index (χ1v) is 12.1. The van der Waals surface area contributed by atoms with Gasteiger partial charge in [-0.3, -0.25) is 9.69 Å². The lowest BCUT2D eigenvalue weighted by Gasteiger charge is -2.22. The molecule has 1 aromatic heterocycles. The van der Waals surface area contributed by atoms with Crippen molar-refractivity contribution in [1.29, 1.82) is 0 Å². The van der Waals surface area contributed by atoms with E-state index in [9.17, 15) is 9.18 Å². The molecule has 5 nitrogen and oxygen atoms in total. The average Bonchev–Trinajstić information content (AvgIpc) is 3.17. The fraction of sp³-hybridized carbons (Fsp3) is 0.391. The standard InChI is InChI=1S/C23H28FN3O2S2/c1-4-29-19-7-5-8-20-22(19)25-23(31-20)27(15-14-26(2)3)21(28)9-6-16-30-18-12-10-17(24)11-13-18/h5,7-8,10-13H,4,6,9,14-16H2,1-3H3. The number of fused-ring (bicyclic) bond motifs is 1. The fourth-order valence-corrected chi connectivity index (χ4v) is 4.88. The second-order valence-corrected chi connectivity index (χ2v) is 9.46. The second-order valence-electron chi connectivity index (χ2n) is 7.29. The zero-order valence-corrected chi connectivity index (χ0v) is 19.8. The number of rotatable bonds is 11. The smallest absolute Gasteiger partial charge is 0.228 e. The number of halogens is 1. The van der Waals surface area contributed by atoms with Gasteiger partial charge in [-0.05, 0) is 69.6 Å². The predicted octanol–water partition coefficient (Wildman–Crippen LogP) is 5.30. The molecule has 0 N–H and O–H groups in total. The monoisotopic (exact) mass is 461 g/mol. The fourth-order valence-electron chi connectivity index (χ4n) is 3.01. The molecular weight excluding hydrogens is 433 g/mol. The van der Waals surface area contributed by atoms with Crippen molar-refractivity contribution in [2.75, 3.05) is 44.4 Å². The van der Waals surface area contributed by atoms with E-state index in [4.69, 9.17) is 9.72 Å². The van der Waals surface area contributed by atoms with E-state index in [1.54, 1.807) is 28.8 Å². The molecule has 31 heavy (non-hydrogen) atoms. The predicted molar refractivity (Wildman–Crippen MR) is 128 cm³/mol. The van der Waals surface area contributed by atoms with Crippen molar-refractivity contribution < 1.29 is 13.9 Å². The first-order valence-electron chi connectivity index (χ1n) is 10.3. The van der Waals surface area contributed by atoms with E-state index in [1.807, 2.05) is 39.2 Å². The third-order valence-electron chi connectivity index (χ3n) is 4.59. The number of hydrogen-bond donors (Lipinski definition) is 0. The minimum atomic E-state index is -0.237. The molecule has 0 aliphatic rings. The van der Waals surface area contributed by atoms with Crippen molar-refractivity contribution in [3.63, 3.8) is 0 Å². The highest BCUT2D eigenvalue weighted by molar-refractivity contribution is 7.99. The minimum absolute atomic E-state index is 0.0681. The Labute approximate surface area is 191 Å². The zero-order valence-electron chi connectivity index (χ0n) is 18.1. The Hall–Kier alpha value is -2.16. The van der Waals surface area contributed by atoms with E-state index >= 15 is 0 Å². The van der Waals surface area contributed by atoms with E-state index in [-0.39, 0.29) is 11.7 Å². The highest BCUT2D eigenvalue weighted by Crippen LogP contribution is 2.34. The lowest BCUT2D eigenvalue weighted by Crippen LogP contribution is -2.36. The van der Waals surface area contributed by atoms with Crippen molar-refractivity contribution in [2.45, 2.75) is 24.7 Å². The SMILES string of the molecule is CCOc1cccc2sc(N(CCN(C)C)C(=O)CCCSc3ccc(F)cc3)nc12. The lowest BCUT2D eigenvalue weighted by atomic mass is 10.3. The minimum Gasteiger partial charge on any atom is -0.492 e. The van der Waals surface area contributed by atoms with Crippen LogP contribution in [0.4, 0.5) is 9.52 Å². The molecule has 1 heterocycles. The van der Waals surface area contributed by atoms with Gasteiger partial charge in [-0.25, -0.2) is 9.37 Å². The van der Waals surface area contributed by atoms with Gasteiger partial charge in [-0.1, -0.05) is 17.4 Å². The molecule has 0 bridgehead atoms. The van der Waals surface area contributed by atoms with Gasteiger partial charge >= 0.3 is 0 Å². The van der Waals surface area contributed by atoms with Crippen LogP contribution in [0.5, 0.6) is 5.75 Å². The summed E-state index contributed by atoms with van der Waals surface area (Å²) in [5, 5.41) is 0.709. The highest BCUT2D eigenvalue weighted by atomic mass is 32.2. The number of aromatic nitrogens is 1. The number of thiazole rings is 1. The molecule has 1 amide bonds. The molecule has 0 fully saturated rings. The van der Waals surface area contributed by atoms with Crippen LogP contribution in [0.1, 0.15) is 19.8 Å². The van der Waals surface area contributed by atoms with Crippen LogP contribution in [0.15, 0.2) is 47.4 Å². The van der Waals surface area contributed by atoms with E-state index in [0.29, 0.717) is 24.7 Å². The Kier molecular flexibility index (Phi) is 8.69. The van der Waals surface area contributed by atoms with E-state index in [2.05, 4.69) is 4.90 Å². The highest BCUT2D eigenvalue weighted by Gasteiger charge is 2.20. The number of amides is 1. The number of carbonyl (C=O) groups is 1. The number of hydrogen-bond acceptors (Lipinski definition) is 6. The van der Waals surface area contributed by atoms with Gasteiger partial charge in [0.15, 0.2) is 5.13 Å². The van der Waals surface area contributed by atoms with Crippen LogP contribution in [-0.4, -0.2) is 55.3 Å². The number of likely N-dealkylation sites (N-methyl/N-ethyl adjacent to an activating group) is 1. The van der Waals surface area contributed by atoms with Gasteiger partial charge in [0.05, 0.1) is 11.3 Å². The number of para-hydroxylation sites is 1. The summed E-state index contributed by atoms with van der Waals surface area (Å²) in [4.78, 5) is 22.7. The molecule has 0 unspecified atom stereocenters. The van der Waals surface area contributed by atoms with Gasteiger partial charge in [0.25, 0.3) is 0 Å². The maximum atomic E-state index is 13.1. The molecule has 0 radical (unpaired) electrons. The largest absolute Gasteiger partial charge is 0.492 e. The Morgan fingerprint density at radius 1 is 1.16 bits per heavy atom. The summed E-state index contributed by atoms with van der Waals surface area (Å²) in [7, 11) is 3.99. The molecule has 0 saturated carbocycles. The first-order chi connectivity index (χ1) is 15.0. The van der Waals surface area contributed by atoms with Gasteiger partial charge < -0.3 is 9.64 Å². The number of anilines is 1. The quantitative estimate of drug-likeness (QED) is 0.286. The molecule has 0 atom stereocenters. The molecule has 0 aliphatic carbocycles. The van der Waals surface area contributed by atoms with Gasteiger partial charge in [0, 0.05) is 24.4 Å².